The quantitative estimate of drug-likeness (QED) is 0.147. The van der Waals surface area contributed by atoms with E-state index in [-0.39, 0.29) is 17.5 Å². The van der Waals surface area contributed by atoms with E-state index in [0.29, 0.717) is 37.6 Å². The van der Waals surface area contributed by atoms with Gasteiger partial charge in [0.25, 0.3) is 0 Å². The molecule has 222 valence electrons. The Hall–Kier alpha value is -3.48. The van der Waals surface area contributed by atoms with E-state index in [9.17, 15) is 13.2 Å². The van der Waals surface area contributed by atoms with Crippen LogP contribution >= 0.6 is 11.6 Å². The van der Waals surface area contributed by atoms with Crippen LogP contribution in [-0.4, -0.2) is 31.1 Å². The zero-order valence-corrected chi connectivity index (χ0v) is 24.8. The second-order valence-electron chi connectivity index (χ2n) is 10.9. The topological polar surface area (TPSA) is 24.5 Å². The number of nitrogens with one attached hydrogen (secondary N) is 1. The van der Waals surface area contributed by atoms with Gasteiger partial charge >= 0.3 is 6.18 Å². The number of anilines is 1. The summed E-state index contributed by atoms with van der Waals surface area (Å²) in [5, 5.41) is 3.17. The summed E-state index contributed by atoms with van der Waals surface area (Å²) in [5.74, 6) is 1.34. The first-order chi connectivity index (χ1) is 20.2. The molecule has 42 heavy (non-hydrogen) atoms. The minimum atomic E-state index is -4.51. The smallest absolute Gasteiger partial charge is 0.417 e. The lowest BCUT2D eigenvalue weighted by atomic mass is 9.90. The highest BCUT2D eigenvalue weighted by molar-refractivity contribution is 6.32. The van der Waals surface area contributed by atoms with Crippen LogP contribution in [0.15, 0.2) is 103 Å². The summed E-state index contributed by atoms with van der Waals surface area (Å²) in [6.07, 6.45) is -3.82. The summed E-state index contributed by atoms with van der Waals surface area (Å²) in [7, 11) is 0. The monoisotopic (exact) mass is 594 g/mol. The highest BCUT2D eigenvalue weighted by atomic mass is 35.5. The summed E-state index contributed by atoms with van der Waals surface area (Å²) < 4.78 is 47.0. The molecular formula is C35H38ClF3N2O. The average molecular weight is 595 g/mol. The minimum Gasteiger partial charge on any atom is -0.493 e. The van der Waals surface area contributed by atoms with Gasteiger partial charge in [0.2, 0.25) is 0 Å². The number of halogens is 4. The maximum absolute atomic E-state index is 13.6. The second kappa shape index (κ2) is 15.1. The number of hydrogen-bond acceptors (Lipinski definition) is 3. The number of ether oxygens (including phenoxy) is 1. The molecule has 0 fully saturated rings. The summed E-state index contributed by atoms with van der Waals surface area (Å²) in [6, 6.07) is 32.4. The van der Waals surface area contributed by atoms with Gasteiger partial charge in [-0.2, -0.15) is 13.2 Å². The fourth-order valence-corrected chi connectivity index (χ4v) is 5.22. The van der Waals surface area contributed by atoms with Crippen LogP contribution in [0.1, 0.15) is 48.4 Å². The van der Waals surface area contributed by atoms with Gasteiger partial charge in [0.05, 0.1) is 17.2 Å². The molecule has 0 aromatic heterocycles. The molecule has 4 rings (SSSR count). The summed E-state index contributed by atoms with van der Waals surface area (Å²) >= 11 is 6.33. The number of hydrogen-bond donors (Lipinski definition) is 1. The molecule has 7 heteroatoms. The number of benzene rings is 4. The van der Waals surface area contributed by atoms with Crippen LogP contribution in [0.5, 0.6) is 5.75 Å². The van der Waals surface area contributed by atoms with Crippen LogP contribution in [-0.2, 0) is 12.7 Å². The van der Waals surface area contributed by atoms with E-state index in [0.717, 1.165) is 35.2 Å². The van der Waals surface area contributed by atoms with Crippen LogP contribution in [0.3, 0.4) is 0 Å². The minimum absolute atomic E-state index is 0.0293. The highest BCUT2D eigenvalue weighted by Crippen LogP contribution is 2.37. The normalized spacial score (nSPS) is 11.8. The molecule has 4 aromatic carbocycles. The predicted octanol–water partition coefficient (Wildman–Crippen LogP) is 9.53. The fraction of sp³-hybridized carbons (Fsp3) is 0.314. The first kappa shape index (κ1) is 31.5. The van der Waals surface area contributed by atoms with E-state index < -0.39 is 11.7 Å². The maximum Gasteiger partial charge on any atom is 0.417 e. The van der Waals surface area contributed by atoms with Crippen molar-refractivity contribution >= 4 is 17.3 Å². The summed E-state index contributed by atoms with van der Waals surface area (Å²) in [4.78, 5) is 2.18. The largest absolute Gasteiger partial charge is 0.493 e. The van der Waals surface area contributed by atoms with E-state index in [4.69, 9.17) is 16.3 Å². The van der Waals surface area contributed by atoms with Crippen LogP contribution in [0.4, 0.5) is 18.9 Å². The van der Waals surface area contributed by atoms with Gasteiger partial charge in [0, 0.05) is 43.9 Å². The third-order valence-corrected chi connectivity index (χ3v) is 7.50. The molecular weight excluding hydrogens is 557 g/mol. The van der Waals surface area contributed by atoms with E-state index in [2.05, 4.69) is 48.3 Å². The molecule has 0 aliphatic heterocycles. The van der Waals surface area contributed by atoms with Crippen molar-refractivity contribution in [2.75, 3.05) is 31.6 Å². The SMILES string of the molecule is CC(C)CNc1cccc(OCCCN(Cc2cccc(C(F)(F)F)c2Cl)CC(c2ccccc2)c2ccccc2)c1. The first-order valence-corrected chi connectivity index (χ1v) is 14.7. The molecule has 0 spiro atoms. The lowest BCUT2D eigenvalue weighted by molar-refractivity contribution is -0.137. The van der Waals surface area contributed by atoms with Crippen LogP contribution in [0, 0.1) is 5.92 Å². The lowest BCUT2D eigenvalue weighted by Crippen LogP contribution is -2.31. The molecule has 1 N–H and O–H groups in total. The van der Waals surface area contributed by atoms with Crippen LogP contribution in [0.25, 0.3) is 0 Å². The Bertz CT molecular complexity index is 1340. The average Bonchev–Trinajstić information content (AvgIpc) is 2.98. The van der Waals surface area contributed by atoms with Crippen molar-refractivity contribution in [1.29, 1.82) is 0 Å². The van der Waals surface area contributed by atoms with Crippen molar-refractivity contribution in [2.45, 2.75) is 38.9 Å². The molecule has 0 aliphatic carbocycles. The molecule has 0 heterocycles. The molecule has 0 saturated carbocycles. The van der Waals surface area contributed by atoms with Gasteiger partial charge in [0.15, 0.2) is 0 Å². The van der Waals surface area contributed by atoms with Crippen molar-refractivity contribution in [2.24, 2.45) is 5.92 Å². The van der Waals surface area contributed by atoms with Gasteiger partial charge in [-0.3, -0.25) is 4.90 Å². The van der Waals surface area contributed by atoms with Crippen molar-refractivity contribution in [3.8, 4) is 5.75 Å². The summed E-state index contributed by atoms with van der Waals surface area (Å²) in [5.41, 5.74) is 2.95. The standard InChI is InChI=1S/C35H38ClF3N2O/c1-26(2)23-40-30-17-10-18-31(22-30)42-21-11-20-41(24-29-16-9-19-33(34(29)36)35(37,38)39)25-32(27-12-5-3-6-13-27)28-14-7-4-8-15-28/h3-10,12-19,22,26,32,40H,11,20-21,23-25H2,1-2H3. The second-order valence-corrected chi connectivity index (χ2v) is 11.3. The zero-order chi connectivity index (χ0) is 30.0. The molecule has 0 unspecified atom stereocenters. The van der Waals surface area contributed by atoms with Gasteiger partial charge < -0.3 is 10.1 Å². The zero-order valence-electron chi connectivity index (χ0n) is 24.1. The molecule has 0 radical (unpaired) electrons. The van der Waals surface area contributed by atoms with E-state index in [1.165, 1.54) is 6.07 Å². The number of rotatable bonds is 14. The molecule has 4 aromatic rings. The molecule has 0 saturated heterocycles. The molecule has 3 nitrogen and oxygen atoms in total. The third kappa shape index (κ3) is 9.27. The van der Waals surface area contributed by atoms with Crippen molar-refractivity contribution in [3.63, 3.8) is 0 Å². The van der Waals surface area contributed by atoms with Crippen LogP contribution < -0.4 is 10.1 Å². The maximum atomic E-state index is 13.6. The number of nitrogens with zero attached hydrogens (tertiary/aromatic N) is 1. The Morgan fingerprint density at radius 3 is 2.10 bits per heavy atom. The third-order valence-electron chi connectivity index (χ3n) is 7.06. The highest BCUT2D eigenvalue weighted by Gasteiger charge is 2.34. The Kier molecular flexibility index (Phi) is 11.3. The Morgan fingerprint density at radius 1 is 0.833 bits per heavy atom. The Labute approximate surface area is 252 Å². The van der Waals surface area contributed by atoms with Gasteiger partial charge in [-0.15, -0.1) is 0 Å². The lowest BCUT2D eigenvalue weighted by Gasteiger charge is -2.29. The van der Waals surface area contributed by atoms with E-state index >= 15 is 0 Å². The van der Waals surface area contributed by atoms with Crippen molar-refractivity contribution in [3.05, 3.63) is 130 Å². The first-order valence-electron chi connectivity index (χ1n) is 14.3. The van der Waals surface area contributed by atoms with Gasteiger partial charge in [-0.25, -0.2) is 0 Å². The van der Waals surface area contributed by atoms with Gasteiger partial charge in [-0.1, -0.05) is 104 Å². The number of alkyl halides is 3. The van der Waals surface area contributed by atoms with E-state index in [1.54, 1.807) is 6.07 Å². The van der Waals surface area contributed by atoms with E-state index in [1.807, 2.05) is 60.7 Å². The predicted molar refractivity (Wildman–Crippen MR) is 166 cm³/mol. The fourth-order valence-electron chi connectivity index (χ4n) is 4.92. The summed E-state index contributed by atoms with van der Waals surface area (Å²) in [6.45, 7) is 7.18. The molecule has 0 amide bonds. The van der Waals surface area contributed by atoms with Gasteiger partial charge in [0.1, 0.15) is 5.75 Å². The molecule has 0 bridgehead atoms. The Balaban J connectivity index is 1.52. The Morgan fingerprint density at radius 2 is 1.48 bits per heavy atom. The van der Waals surface area contributed by atoms with Crippen molar-refractivity contribution < 1.29 is 17.9 Å². The van der Waals surface area contributed by atoms with Gasteiger partial charge in [-0.05, 0) is 47.2 Å². The van der Waals surface area contributed by atoms with Crippen LogP contribution in [0.2, 0.25) is 5.02 Å². The molecule has 0 aliphatic rings. The van der Waals surface area contributed by atoms with Crippen molar-refractivity contribution in [1.82, 2.24) is 4.90 Å². The molecule has 0 atom stereocenters.